The molecule has 7 heteroatoms. The second kappa shape index (κ2) is 2.95. The van der Waals surface area contributed by atoms with Crippen molar-refractivity contribution in [3.8, 4) is 0 Å². The molecular formula is C7H8N4O2S. The van der Waals surface area contributed by atoms with Crippen LogP contribution in [-0.4, -0.2) is 26.9 Å². The first-order valence-electron chi connectivity index (χ1n) is 3.82. The molecule has 0 aliphatic rings. The van der Waals surface area contributed by atoms with E-state index in [9.17, 15) is 8.42 Å². The van der Waals surface area contributed by atoms with Gasteiger partial charge in [0.1, 0.15) is 6.33 Å². The van der Waals surface area contributed by atoms with Crippen molar-refractivity contribution in [2.24, 2.45) is 7.05 Å². The zero-order valence-corrected chi connectivity index (χ0v) is 8.22. The molecule has 0 saturated carbocycles. The summed E-state index contributed by atoms with van der Waals surface area (Å²) in [7, 11) is -1.84. The van der Waals surface area contributed by atoms with Gasteiger partial charge in [0.05, 0.1) is 6.33 Å². The lowest BCUT2D eigenvalue weighted by molar-refractivity contribution is 0.584. The summed E-state index contributed by atoms with van der Waals surface area (Å²) >= 11 is 0. The van der Waals surface area contributed by atoms with Crippen LogP contribution in [0.1, 0.15) is 0 Å². The van der Waals surface area contributed by atoms with Crippen LogP contribution in [0.3, 0.4) is 0 Å². The van der Waals surface area contributed by atoms with Gasteiger partial charge in [0.25, 0.3) is 10.0 Å². The third-order valence-corrected chi connectivity index (χ3v) is 3.21. The van der Waals surface area contributed by atoms with E-state index in [0.29, 0.717) is 0 Å². The van der Waals surface area contributed by atoms with Crippen molar-refractivity contribution >= 4 is 10.0 Å². The highest BCUT2D eigenvalue weighted by Crippen LogP contribution is 2.09. The molecule has 0 atom stereocenters. The molecule has 2 heterocycles. The van der Waals surface area contributed by atoms with E-state index in [1.165, 1.54) is 31.2 Å². The SMILES string of the molecule is Cn1cnc(S(=O)(=O)n2ccnc2)c1. The molecule has 0 amide bonds. The van der Waals surface area contributed by atoms with Crippen LogP contribution in [-0.2, 0) is 17.1 Å². The van der Waals surface area contributed by atoms with Crippen molar-refractivity contribution in [2.45, 2.75) is 5.03 Å². The van der Waals surface area contributed by atoms with Gasteiger partial charge < -0.3 is 4.57 Å². The second-order valence-electron chi connectivity index (χ2n) is 2.78. The first-order chi connectivity index (χ1) is 6.60. The molecule has 14 heavy (non-hydrogen) atoms. The van der Waals surface area contributed by atoms with Crippen LogP contribution in [0.2, 0.25) is 0 Å². The van der Waals surface area contributed by atoms with Crippen LogP contribution in [0.4, 0.5) is 0 Å². The number of aromatic nitrogens is 4. The van der Waals surface area contributed by atoms with E-state index in [4.69, 9.17) is 0 Å². The first-order valence-corrected chi connectivity index (χ1v) is 5.26. The van der Waals surface area contributed by atoms with Crippen LogP contribution >= 0.6 is 0 Å². The predicted octanol–water partition coefficient (Wildman–Crippen LogP) is -0.146. The van der Waals surface area contributed by atoms with E-state index in [2.05, 4.69) is 9.97 Å². The molecule has 2 aromatic rings. The van der Waals surface area contributed by atoms with Crippen molar-refractivity contribution in [2.75, 3.05) is 0 Å². The lowest BCUT2D eigenvalue weighted by Crippen LogP contribution is -2.11. The molecule has 0 aliphatic heterocycles. The molecule has 0 spiro atoms. The van der Waals surface area contributed by atoms with Gasteiger partial charge >= 0.3 is 0 Å². The summed E-state index contributed by atoms with van der Waals surface area (Å²) in [5, 5.41) is 0.0120. The van der Waals surface area contributed by atoms with Crippen molar-refractivity contribution in [3.05, 3.63) is 31.2 Å². The van der Waals surface area contributed by atoms with E-state index in [1.807, 2.05) is 0 Å². The van der Waals surface area contributed by atoms with Gasteiger partial charge in [0.15, 0.2) is 5.03 Å². The van der Waals surface area contributed by atoms with E-state index in [1.54, 1.807) is 11.6 Å². The lowest BCUT2D eigenvalue weighted by Gasteiger charge is -1.99. The number of hydrogen-bond acceptors (Lipinski definition) is 4. The van der Waals surface area contributed by atoms with E-state index in [-0.39, 0.29) is 5.03 Å². The molecular weight excluding hydrogens is 204 g/mol. The third kappa shape index (κ3) is 1.31. The topological polar surface area (TPSA) is 69.8 Å². The fraction of sp³-hybridized carbons (Fsp3) is 0.143. The lowest BCUT2D eigenvalue weighted by atomic mass is 10.9. The van der Waals surface area contributed by atoms with E-state index < -0.39 is 10.0 Å². The minimum Gasteiger partial charge on any atom is -0.339 e. The van der Waals surface area contributed by atoms with Crippen LogP contribution in [0.25, 0.3) is 0 Å². The Hall–Kier alpha value is -1.63. The molecule has 6 nitrogen and oxygen atoms in total. The minimum absolute atomic E-state index is 0.0120. The fourth-order valence-electron chi connectivity index (χ4n) is 1.02. The van der Waals surface area contributed by atoms with Crippen LogP contribution in [0.15, 0.2) is 36.3 Å². The highest BCUT2D eigenvalue weighted by molar-refractivity contribution is 7.89. The molecule has 0 unspecified atom stereocenters. The second-order valence-corrected chi connectivity index (χ2v) is 4.57. The molecule has 0 radical (unpaired) electrons. The van der Waals surface area contributed by atoms with Crippen LogP contribution in [0, 0.1) is 0 Å². The standard InChI is InChI=1S/C7H8N4O2S/c1-10-4-7(9-6-10)14(12,13)11-3-2-8-5-11/h2-6H,1H3. The van der Waals surface area contributed by atoms with Gasteiger partial charge in [0, 0.05) is 25.6 Å². The molecule has 74 valence electrons. The Morgan fingerprint density at radius 3 is 2.64 bits per heavy atom. The average Bonchev–Trinajstić information content (AvgIpc) is 2.72. The van der Waals surface area contributed by atoms with Gasteiger partial charge in [-0.3, -0.25) is 0 Å². The van der Waals surface area contributed by atoms with Crippen molar-refractivity contribution in [1.82, 2.24) is 18.5 Å². The Morgan fingerprint density at radius 1 is 1.36 bits per heavy atom. The van der Waals surface area contributed by atoms with E-state index >= 15 is 0 Å². The first kappa shape index (κ1) is 8.95. The third-order valence-electron chi connectivity index (χ3n) is 1.70. The molecule has 0 aromatic carbocycles. The highest BCUT2D eigenvalue weighted by atomic mass is 32.2. The van der Waals surface area contributed by atoms with Crippen molar-refractivity contribution < 1.29 is 8.42 Å². The predicted molar refractivity (Wildman–Crippen MR) is 48.0 cm³/mol. The summed E-state index contributed by atoms with van der Waals surface area (Å²) in [5.74, 6) is 0. The molecule has 2 aromatic heterocycles. The summed E-state index contributed by atoms with van der Waals surface area (Å²) in [4.78, 5) is 7.44. The molecule has 0 fully saturated rings. The van der Waals surface area contributed by atoms with Gasteiger partial charge in [-0.15, -0.1) is 0 Å². The highest BCUT2D eigenvalue weighted by Gasteiger charge is 2.18. The Bertz CT molecular complexity index is 526. The fourth-order valence-corrected chi connectivity index (χ4v) is 2.11. The number of hydrogen-bond donors (Lipinski definition) is 0. The maximum atomic E-state index is 11.8. The Labute approximate surface area is 80.9 Å². The summed E-state index contributed by atoms with van der Waals surface area (Å²) < 4.78 is 26.1. The summed E-state index contributed by atoms with van der Waals surface area (Å²) in [6, 6.07) is 0. The minimum atomic E-state index is -3.55. The molecule has 0 N–H and O–H groups in total. The smallest absolute Gasteiger partial charge is 0.287 e. The Balaban J connectivity index is 2.54. The molecule has 0 saturated heterocycles. The average molecular weight is 212 g/mol. The zero-order valence-electron chi connectivity index (χ0n) is 7.40. The van der Waals surface area contributed by atoms with Crippen molar-refractivity contribution in [3.63, 3.8) is 0 Å². The quantitative estimate of drug-likeness (QED) is 0.694. The number of nitrogens with zero attached hydrogens (tertiary/aromatic N) is 4. The van der Waals surface area contributed by atoms with Crippen molar-refractivity contribution in [1.29, 1.82) is 0 Å². The van der Waals surface area contributed by atoms with Gasteiger partial charge in [-0.05, 0) is 0 Å². The van der Waals surface area contributed by atoms with Crippen LogP contribution < -0.4 is 0 Å². The largest absolute Gasteiger partial charge is 0.339 e. The summed E-state index contributed by atoms with van der Waals surface area (Å²) in [5.41, 5.74) is 0. The monoisotopic (exact) mass is 212 g/mol. The Kier molecular flexibility index (Phi) is 1.88. The zero-order chi connectivity index (χ0) is 10.2. The van der Waals surface area contributed by atoms with E-state index in [0.717, 1.165) is 3.97 Å². The van der Waals surface area contributed by atoms with Gasteiger partial charge in [-0.1, -0.05) is 0 Å². The summed E-state index contributed by atoms with van der Waals surface area (Å²) in [6.45, 7) is 0. The number of imidazole rings is 2. The molecule has 2 rings (SSSR count). The van der Waals surface area contributed by atoms with Crippen LogP contribution in [0.5, 0.6) is 0 Å². The van der Waals surface area contributed by atoms with Gasteiger partial charge in [0.2, 0.25) is 0 Å². The summed E-state index contributed by atoms with van der Waals surface area (Å²) in [6.07, 6.45) is 6.87. The maximum absolute atomic E-state index is 11.8. The molecule has 0 aliphatic carbocycles. The van der Waals surface area contributed by atoms with Gasteiger partial charge in [-0.2, -0.15) is 8.42 Å². The molecule has 0 bridgehead atoms. The number of rotatable bonds is 2. The van der Waals surface area contributed by atoms with Gasteiger partial charge in [-0.25, -0.2) is 13.9 Å². The Morgan fingerprint density at radius 2 is 2.14 bits per heavy atom. The normalized spacial score (nSPS) is 11.8. The maximum Gasteiger partial charge on any atom is 0.287 e. The number of aryl methyl sites for hydroxylation is 1.